The van der Waals surface area contributed by atoms with Gasteiger partial charge in [0.05, 0.1) is 6.10 Å². The molecule has 4 heteroatoms. The number of aliphatic hydroxyl groups excluding tert-OH is 1. The van der Waals surface area contributed by atoms with E-state index in [0.29, 0.717) is 12.6 Å². The van der Waals surface area contributed by atoms with Gasteiger partial charge in [-0.05, 0) is 21.1 Å². The Kier molecular flexibility index (Phi) is 7.96. The zero-order valence-electron chi connectivity index (χ0n) is 10.8. The lowest BCUT2D eigenvalue weighted by Crippen LogP contribution is -2.40. The molecule has 4 nitrogen and oxygen atoms in total. The molecular formula is C11H27N3O. The molecule has 2 N–H and O–H groups in total. The highest BCUT2D eigenvalue weighted by Gasteiger charge is 2.08. The lowest BCUT2D eigenvalue weighted by atomic mass is 10.3. The highest BCUT2D eigenvalue weighted by atomic mass is 16.3. The van der Waals surface area contributed by atoms with E-state index in [1.807, 2.05) is 7.05 Å². The van der Waals surface area contributed by atoms with Gasteiger partial charge in [-0.3, -0.25) is 0 Å². The van der Waals surface area contributed by atoms with Crippen LogP contribution in [0.5, 0.6) is 0 Å². The van der Waals surface area contributed by atoms with Gasteiger partial charge in [0.25, 0.3) is 0 Å². The van der Waals surface area contributed by atoms with Crippen LogP contribution in [-0.2, 0) is 0 Å². The van der Waals surface area contributed by atoms with Gasteiger partial charge in [0.15, 0.2) is 0 Å². The lowest BCUT2D eigenvalue weighted by Gasteiger charge is -2.23. The highest BCUT2D eigenvalue weighted by molar-refractivity contribution is 4.66. The van der Waals surface area contributed by atoms with Crippen molar-refractivity contribution in [3.63, 3.8) is 0 Å². The second kappa shape index (κ2) is 8.05. The van der Waals surface area contributed by atoms with Crippen LogP contribution >= 0.6 is 0 Å². The van der Waals surface area contributed by atoms with E-state index in [4.69, 9.17) is 0 Å². The summed E-state index contributed by atoms with van der Waals surface area (Å²) in [4.78, 5) is 4.31. The largest absolute Gasteiger partial charge is 0.390 e. The minimum Gasteiger partial charge on any atom is -0.390 e. The van der Waals surface area contributed by atoms with Gasteiger partial charge >= 0.3 is 0 Å². The average molecular weight is 217 g/mol. The molecule has 0 bridgehead atoms. The zero-order valence-corrected chi connectivity index (χ0v) is 10.8. The van der Waals surface area contributed by atoms with Crippen molar-refractivity contribution >= 4 is 0 Å². The number of hydrogen-bond acceptors (Lipinski definition) is 4. The Morgan fingerprint density at radius 1 is 1.13 bits per heavy atom. The number of nitrogens with one attached hydrogen (secondary N) is 1. The fourth-order valence-corrected chi connectivity index (χ4v) is 1.26. The minimum absolute atomic E-state index is 0.278. The van der Waals surface area contributed by atoms with Crippen molar-refractivity contribution in [3.8, 4) is 0 Å². The normalized spacial score (nSPS) is 14.2. The number of nitrogens with zero attached hydrogens (tertiary/aromatic N) is 2. The number of likely N-dealkylation sites (N-methyl/N-ethyl adjacent to an activating group) is 2. The van der Waals surface area contributed by atoms with Crippen LogP contribution in [0, 0.1) is 0 Å². The molecule has 0 amide bonds. The molecule has 0 spiro atoms. The van der Waals surface area contributed by atoms with Gasteiger partial charge in [-0.25, -0.2) is 0 Å². The van der Waals surface area contributed by atoms with Crippen LogP contribution in [0.15, 0.2) is 0 Å². The van der Waals surface area contributed by atoms with Crippen molar-refractivity contribution < 1.29 is 5.11 Å². The summed E-state index contributed by atoms with van der Waals surface area (Å²) in [6.07, 6.45) is -0.278. The van der Waals surface area contributed by atoms with Gasteiger partial charge in [-0.1, -0.05) is 13.8 Å². The van der Waals surface area contributed by atoms with Crippen LogP contribution in [-0.4, -0.2) is 74.4 Å². The molecule has 1 unspecified atom stereocenters. The summed E-state index contributed by atoms with van der Waals surface area (Å²) in [5, 5.41) is 12.9. The van der Waals surface area contributed by atoms with Gasteiger partial charge in [0.2, 0.25) is 0 Å². The molecule has 0 heterocycles. The van der Waals surface area contributed by atoms with E-state index >= 15 is 0 Å². The Balaban J connectivity index is 3.52. The Morgan fingerprint density at radius 3 is 2.20 bits per heavy atom. The maximum atomic E-state index is 9.72. The number of hydrogen-bond donors (Lipinski definition) is 2. The van der Waals surface area contributed by atoms with E-state index in [1.54, 1.807) is 0 Å². The van der Waals surface area contributed by atoms with E-state index in [1.165, 1.54) is 0 Å². The van der Waals surface area contributed by atoms with Gasteiger partial charge in [0.1, 0.15) is 0 Å². The third-order valence-corrected chi connectivity index (χ3v) is 2.21. The molecule has 0 saturated carbocycles. The van der Waals surface area contributed by atoms with Crippen molar-refractivity contribution in [2.24, 2.45) is 0 Å². The second-order valence-corrected chi connectivity index (χ2v) is 4.78. The quantitative estimate of drug-likeness (QED) is 0.592. The summed E-state index contributed by atoms with van der Waals surface area (Å²) in [6.45, 7) is 7.59. The van der Waals surface area contributed by atoms with Crippen molar-refractivity contribution in [1.29, 1.82) is 0 Å². The summed E-state index contributed by atoms with van der Waals surface area (Å²) < 4.78 is 0. The molecule has 0 rings (SSSR count). The van der Waals surface area contributed by atoms with Crippen LogP contribution in [0.3, 0.4) is 0 Å². The molecular weight excluding hydrogens is 190 g/mol. The molecule has 0 fully saturated rings. The molecule has 0 aromatic heterocycles. The van der Waals surface area contributed by atoms with Gasteiger partial charge in [-0.2, -0.15) is 0 Å². The van der Waals surface area contributed by atoms with Gasteiger partial charge in [-0.15, -0.1) is 0 Å². The Labute approximate surface area is 94.3 Å². The van der Waals surface area contributed by atoms with Crippen molar-refractivity contribution in [1.82, 2.24) is 15.1 Å². The predicted molar refractivity (Wildman–Crippen MR) is 65.2 cm³/mol. The Morgan fingerprint density at radius 2 is 1.73 bits per heavy atom. The van der Waals surface area contributed by atoms with E-state index < -0.39 is 0 Å². The molecule has 0 aliphatic heterocycles. The summed E-state index contributed by atoms with van der Waals surface area (Å²) in [7, 11) is 6.16. The Hall–Kier alpha value is -0.160. The lowest BCUT2D eigenvalue weighted by molar-refractivity contribution is 0.118. The first-order valence-corrected chi connectivity index (χ1v) is 5.66. The molecule has 0 aromatic carbocycles. The summed E-state index contributed by atoms with van der Waals surface area (Å²) >= 11 is 0. The first kappa shape index (κ1) is 14.8. The SMILES string of the molecule is CC(C)NCC(O)CN(C)CCN(C)C. The summed E-state index contributed by atoms with van der Waals surface area (Å²) in [5.41, 5.74) is 0. The smallest absolute Gasteiger partial charge is 0.0791 e. The van der Waals surface area contributed by atoms with Crippen LogP contribution in [0.25, 0.3) is 0 Å². The maximum Gasteiger partial charge on any atom is 0.0791 e. The summed E-state index contributed by atoms with van der Waals surface area (Å²) in [5.74, 6) is 0. The van der Waals surface area contributed by atoms with Gasteiger partial charge in [0, 0.05) is 32.2 Å². The van der Waals surface area contributed by atoms with Gasteiger partial charge < -0.3 is 20.2 Å². The maximum absolute atomic E-state index is 9.72. The molecule has 92 valence electrons. The first-order chi connectivity index (χ1) is 6.91. The van der Waals surface area contributed by atoms with Crippen LogP contribution in [0.1, 0.15) is 13.8 Å². The number of aliphatic hydroxyl groups is 1. The topological polar surface area (TPSA) is 38.7 Å². The fourth-order valence-electron chi connectivity index (χ4n) is 1.26. The third-order valence-electron chi connectivity index (χ3n) is 2.21. The Bertz CT molecular complexity index is 135. The highest BCUT2D eigenvalue weighted by Crippen LogP contribution is 1.90. The van der Waals surface area contributed by atoms with Crippen molar-refractivity contribution in [2.75, 3.05) is 47.3 Å². The van der Waals surface area contributed by atoms with E-state index in [9.17, 15) is 5.11 Å². The molecule has 0 saturated heterocycles. The molecule has 0 radical (unpaired) electrons. The predicted octanol–water partition coefficient (Wildman–Crippen LogP) is -0.161. The van der Waals surface area contributed by atoms with E-state index in [0.717, 1.165) is 19.6 Å². The van der Waals surface area contributed by atoms with E-state index in [-0.39, 0.29) is 6.10 Å². The minimum atomic E-state index is -0.278. The zero-order chi connectivity index (χ0) is 11.8. The first-order valence-electron chi connectivity index (χ1n) is 5.66. The second-order valence-electron chi connectivity index (χ2n) is 4.78. The molecule has 0 aliphatic rings. The molecule has 0 aromatic rings. The molecule has 1 atom stereocenters. The number of rotatable bonds is 8. The molecule has 0 aliphatic carbocycles. The fraction of sp³-hybridized carbons (Fsp3) is 1.00. The van der Waals surface area contributed by atoms with Crippen LogP contribution < -0.4 is 5.32 Å². The third kappa shape index (κ3) is 10.1. The average Bonchev–Trinajstić information content (AvgIpc) is 2.11. The monoisotopic (exact) mass is 217 g/mol. The standard InChI is InChI=1S/C11H27N3O/c1-10(2)12-8-11(15)9-14(5)7-6-13(3)4/h10-12,15H,6-9H2,1-5H3. The van der Waals surface area contributed by atoms with Crippen LogP contribution in [0.2, 0.25) is 0 Å². The van der Waals surface area contributed by atoms with Crippen LogP contribution in [0.4, 0.5) is 0 Å². The molecule has 15 heavy (non-hydrogen) atoms. The van der Waals surface area contributed by atoms with Crippen molar-refractivity contribution in [2.45, 2.75) is 26.0 Å². The van der Waals surface area contributed by atoms with Crippen molar-refractivity contribution in [3.05, 3.63) is 0 Å². The van der Waals surface area contributed by atoms with E-state index in [2.05, 4.69) is 43.1 Å². The summed E-state index contributed by atoms with van der Waals surface area (Å²) in [6, 6.07) is 0.437.